The van der Waals surface area contributed by atoms with Crippen LogP contribution in [-0.4, -0.2) is 15.0 Å². The Hall–Kier alpha value is -2.75. The van der Waals surface area contributed by atoms with Crippen molar-refractivity contribution >= 4 is 5.95 Å². The normalized spacial score (nSPS) is 16.3. The van der Waals surface area contributed by atoms with E-state index >= 15 is 0 Å². The highest BCUT2D eigenvalue weighted by Gasteiger charge is 2.22. The number of pyridine rings is 1. The fourth-order valence-electron chi connectivity index (χ4n) is 2.95. The molecule has 1 aliphatic carbocycles. The van der Waals surface area contributed by atoms with Crippen molar-refractivity contribution in [2.45, 2.75) is 18.9 Å². The molecule has 1 aromatic carbocycles. The second kappa shape index (κ2) is 5.56. The number of aryl methyl sites for hydroxylation is 1. The maximum Gasteiger partial charge on any atom is 0.223 e. The molecule has 0 fully saturated rings. The third-order valence-corrected chi connectivity index (χ3v) is 4.02. The number of nitrogens with one attached hydrogen (secondary N) is 1. The highest BCUT2D eigenvalue weighted by molar-refractivity contribution is 5.55. The van der Waals surface area contributed by atoms with E-state index < -0.39 is 0 Å². The Bertz CT molecular complexity index is 786. The average Bonchev–Trinajstić information content (AvgIpc) is 2.99. The van der Waals surface area contributed by atoms with Gasteiger partial charge in [-0.1, -0.05) is 30.3 Å². The summed E-state index contributed by atoms with van der Waals surface area (Å²) in [5.74, 6) is 0.657. The summed E-state index contributed by atoms with van der Waals surface area (Å²) in [5, 5.41) is 3.46. The van der Waals surface area contributed by atoms with Crippen LogP contribution in [0.4, 0.5) is 5.95 Å². The van der Waals surface area contributed by atoms with Crippen LogP contribution in [0.25, 0.3) is 11.4 Å². The molecular weight excluding hydrogens is 272 g/mol. The predicted molar refractivity (Wildman–Crippen MR) is 86.4 cm³/mol. The third-order valence-electron chi connectivity index (χ3n) is 4.02. The van der Waals surface area contributed by atoms with Gasteiger partial charge in [0.2, 0.25) is 5.95 Å². The van der Waals surface area contributed by atoms with Gasteiger partial charge in [-0.3, -0.25) is 4.98 Å². The average molecular weight is 288 g/mol. The first-order valence-corrected chi connectivity index (χ1v) is 7.49. The molecule has 1 aliphatic rings. The minimum Gasteiger partial charge on any atom is -0.347 e. The molecule has 4 heteroatoms. The number of aromatic nitrogens is 3. The highest BCUT2D eigenvalue weighted by Crippen LogP contribution is 2.33. The summed E-state index contributed by atoms with van der Waals surface area (Å²) in [5.41, 5.74) is 4.47. The van der Waals surface area contributed by atoms with E-state index in [1.54, 1.807) is 12.4 Å². The standard InChI is InChI=1S/C18H16N4/c1-2-6-14-13(5-1)8-9-15(14)21-18-20-12-10-17(22-18)16-7-3-4-11-19-16/h1-7,10-12,15H,8-9H2,(H,20,21,22)/t15-/m1/s1. The SMILES string of the molecule is c1ccc(-c2ccnc(N[C@@H]3CCc4ccccc43)n2)nc1. The molecule has 4 rings (SSSR count). The largest absolute Gasteiger partial charge is 0.347 e. The van der Waals surface area contributed by atoms with Crippen LogP contribution in [0.3, 0.4) is 0 Å². The van der Waals surface area contributed by atoms with E-state index in [0.717, 1.165) is 24.2 Å². The van der Waals surface area contributed by atoms with Crippen LogP contribution < -0.4 is 5.32 Å². The molecule has 1 N–H and O–H groups in total. The van der Waals surface area contributed by atoms with Gasteiger partial charge in [0.05, 0.1) is 17.4 Å². The summed E-state index contributed by atoms with van der Waals surface area (Å²) in [6.45, 7) is 0. The second-order valence-corrected chi connectivity index (χ2v) is 5.41. The number of fused-ring (bicyclic) bond motifs is 1. The number of anilines is 1. The molecule has 0 bridgehead atoms. The number of nitrogens with zero attached hydrogens (tertiary/aromatic N) is 3. The van der Waals surface area contributed by atoms with Crippen LogP contribution in [-0.2, 0) is 6.42 Å². The van der Waals surface area contributed by atoms with E-state index in [-0.39, 0.29) is 6.04 Å². The van der Waals surface area contributed by atoms with Crippen LogP contribution in [0.15, 0.2) is 60.9 Å². The summed E-state index contributed by atoms with van der Waals surface area (Å²) in [7, 11) is 0. The van der Waals surface area contributed by atoms with Crippen molar-refractivity contribution in [1.82, 2.24) is 15.0 Å². The van der Waals surface area contributed by atoms with Crippen molar-refractivity contribution in [1.29, 1.82) is 0 Å². The van der Waals surface area contributed by atoms with Crippen LogP contribution in [0.5, 0.6) is 0 Å². The van der Waals surface area contributed by atoms with E-state index in [4.69, 9.17) is 0 Å². The maximum atomic E-state index is 4.59. The summed E-state index contributed by atoms with van der Waals surface area (Å²) in [4.78, 5) is 13.3. The molecule has 0 aliphatic heterocycles. The topological polar surface area (TPSA) is 50.7 Å². The molecule has 4 nitrogen and oxygen atoms in total. The van der Waals surface area contributed by atoms with Crippen molar-refractivity contribution in [3.63, 3.8) is 0 Å². The van der Waals surface area contributed by atoms with E-state index in [9.17, 15) is 0 Å². The highest BCUT2D eigenvalue weighted by atomic mass is 15.1. The van der Waals surface area contributed by atoms with E-state index in [2.05, 4.69) is 44.5 Å². The Balaban J connectivity index is 1.60. The zero-order valence-corrected chi connectivity index (χ0v) is 12.1. The van der Waals surface area contributed by atoms with Gasteiger partial charge in [-0.05, 0) is 42.2 Å². The van der Waals surface area contributed by atoms with Gasteiger partial charge in [0.1, 0.15) is 0 Å². The van der Waals surface area contributed by atoms with Crippen molar-refractivity contribution < 1.29 is 0 Å². The summed E-state index contributed by atoms with van der Waals surface area (Å²) in [6, 6.07) is 16.6. The Morgan fingerprint density at radius 2 is 1.77 bits per heavy atom. The maximum absolute atomic E-state index is 4.59. The lowest BCUT2D eigenvalue weighted by molar-refractivity contribution is 0.751. The van der Waals surface area contributed by atoms with E-state index in [1.165, 1.54) is 11.1 Å². The van der Waals surface area contributed by atoms with Crippen molar-refractivity contribution in [3.8, 4) is 11.4 Å². The van der Waals surface area contributed by atoms with Gasteiger partial charge in [-0.25, -0.2) is 9.97 Å². The number of hydrogen-bond acceptors (Lipinski definition) is 4. The first kappa shape index (κ1) is 13.0. The fraction of sp³-hybridized carbons (Fsp3) is 0.167. The quantitative estimate of drug-likeness (QED) is 0.799. The minimum absolute atomic E-state index is 0.287. The second-order valence-electron chi connectivity index (χ2n) is 5.41. The molecule has 108 valence electrons. The third kappa shape index (κ3) is 2.44. The zero-order valence-electron chi connectivity index (χ0n) is 12.1. The molecule has 0 radical (unpaired) electrons. The van der Waals surface area contributed by atoms with Crippen LogP contribution >= 0.6 is 0 Å². The smallest absolute Gasteiger partial charge is 0.223 e. The van der Waals surface area contributed by atoms with Crippen LogP contribution in [0, 0.1) is 0 Å². The fourth-order valence-corrected chi connectivity index (χ4v) is 2.95. The first-order chi connectivity index (χ1) is 10.9. The zero-order chi connectivity index (χ0) is 14.8. The van der Waals surface area contributed by atoms with Gasteiger partial charge in [-0.2, -0.15) is 0 Å². The molecule has 0 unspecified atom stereocenters. The Labute approximate surface area is 129 Å². The first-order valence-electron chi connectivity index (χ1n) is 7.49. The van der Waals surface area contributed by atoms with Crippen molar-refractivity contribution in [3.05, 3.63) is 72.1 Å². The lowest BCUT2D eigenvalue weighted by atomic mass is 10.1. The summed E-state index contributed by atoms with van der Waals surface area (Å²) >= 11 is 0. The van der Waals surface area contributed by atoms with Gasteiger partial charge in [-0.15, -0.1) is 0 Å². The molecule has 3 aromatic rings. The molecule has 0 saturated carbocycles. The van der Waals surface area contributed by atoms with Gasteiger partial charge >= 0.3 is 0 Å². The Morgan fingerprint density at radius 3 is 2.68 bits per heavy atom. The van der Waals surface area contributed by atoms with Gasteiger partial charge in [0.15, 0.2) is 0 Å². The predicted octanol–water partition coefficient (Wildman–Crippen LogP) is 3.64. The van der Waals surface area contributed by atoms with E-state index in [1.807, 2.05) is 24.3 Å². The van der Waals surface area contributed by atoms with Crippen LogP contribution in [0.1, 0.15) is 23.6 Å². The Kier molecular flexibility index (Phi) is 3.27. The molecular formula is C18H16N4. The molecule has 0 saturated heterocycles. The summed E-state index contributed by atoms with van der Waals surface area (Å²) in [6.07, 6.45) is 5.74. The molecule has 2 heterocycles. The van der Waals surface area contributed by atoms with Gasteiger partial charge < -0.3 is 5.32 Å². The molecule has 2 aromatic heterocycles. The number of hydrogen-bond donors (Lipinski definition) is 1. The lowest BCUT2D eigenvalue weighted by Gasteiger charge is -2.14. The van der Waals surface area contributed by atoms with Gasteiger partial charge in [0, 0.05) is 12.4 Å². The lowest BCUT2D eigenvalue weighted by Crippen LogP contribution is -2.10. The van der Waals surface area contributed by atoms with E-state index in [0.29, 0.717) is 5.95 Å². The molecule has 0 amide bonds. The summed E-state index contributed by atoms with van der Waals surface area (Å²) < 4.78 is 0. The van der Waals surface area contributed by atoms with Crippen molar-refractivity contribution in [2.75, 3.05) is 5.32 Å². The minimum atomic E-state index is 0.287. The molecule has 0 spiro atoms. The molecule has 22 heavy (non-hydrogen) atoms. The van der Waals surface area contributed by atoms with Crippen LogP contribution in [0.2, 0.25) is 0 Å². The number of rotatable bonds is 3. The molecule has 1 atom stereocenters. The number of benzene rings is 1. The van der Waals surface area contributed by atoms with Gasteiger partial charge in [0.25, 0.3) is 0 Å². The van der Waals surface area contributed by atoms with Crippen molar-refractivity contribution in [2.24, 2.45) is 0 Å². The monoisotopic (exact) mass is 288 g/mol. The Morgan fingerprint density at radius 1 is 0.864 bits per heavy atom.